The van der Waals surface area contributed by atoms with Crippen molar-refractivity contribution in [2.24, 2.45) is 5.73 Å². The molecule has 0 aliphatic heterocycles. The van der Waals surface area contributed by atoms with Gasteiger partial charge < -0.3 is 14.9 Å². The van der Waals surface area contributed by atoms with Crippen molar-refractivity contribution in [3.8, 4) is 0 Å². The van der Waals surface area contributed by atoms with Crippen molar-refractivity contribution in [1.82, 2.24) is 0 Å². The second kappa shape index (κ2) is 4.23. The number of methoxy groups -OCH3 is 1. The number of rotatable bonds is 3. The van der Waals surface area contributed by atoms with Crippen LogP contribution in [-0.4, -0.2) is 7.11 Å². The van der Waals surface area contributed by atoms with Gasteiger partial charge in [0.25, 0.3) is 0 Å². The fourth-order valence-corrected chi connectivity index (χ4v) is 1.89. The van der Waals surface area contributed by atoms with Gasteiger partial charge in [0.05, 0.1) is 13.2 Å². The third-order valence-corrected chi connectivity index (χ3v) is 2.60. The number of benzene rings is 1. The Morgan fingerprint density at radius 1 is 1.44 bits per heavy atom. The molecular formula is C12H14FNO2. The van der Waals surface area contributed by atoms with Crippen LogP contribution in [0, 0.1) is 12.7 Å². The topological polar surface area (TPSA) is 48.4 Å². The highest BCUT2D eigenvalue weighted by molar-refractivity contribution is 5.85. The maximum Gasteiger partial charge on any atom is 0.137 e. The van der Waals surface area contributed by atoms with E-state index < -0.39 is 0 Å². The molecule has 0 amide bonds. The summed E-state index contributed by atoms with van der Waals surface area (Å²) < 4.78 is 24.0. The highest BCUT2D eigenvalue weighted by Gasteiger charge is 2.15. The molecule has 0 radical (unpaired) electrons. The Kier molecular flexibility index (Phi) is 2.94. The molecule has 1 aromatic carbocycles. The Morgan fingerprint density at radius 3 is 2.81 bits per heavy atom. The SMILES string of the molecule is COCc1c(CN)oc2c(C)cc(F)cc12. The van der Waals surface area contributed by atoms with Crippen LogP contribution in [0.15, 0.2) is 16.5 Å². The highest BCUT2D eigenvalue weighted by Crippen LogP contribution is 2.29. The molecule has 1 heterocycles. The second-order valence-electron chi connectivity index (χ2n) is 3.74. The van der Waals surface area contributed by atoms with Crippen LogP contribution in [0.4, 0.5) is 4.39 Å². The van der Waals surface area contributed by atoms with E-state index in [1.54, 1.807) is 7.11 Å². The Labute approximate surface area is 93.0 Å². The van der Waals surface area contributed by atoms with Gasteiger partial charge in [0, 0.05) is 18.1 Å². The molecule has 1 aromatic heterocycles. The summed E-state index contributed by atoms with van der Waals surface area (Å²) >= 11 is 0. The van der Waals surface area contributed by atoms with Crippen LogP contribution < -0.4 is 5.73 Å². The van der Waals surface area contributed by atoms with Crippen LogP contribution in [0.1, 0.15) is 16.9 Å². The first-order chi connectivity index (χ1) is 7.67. The Balaban J connectivity index is 2.73. The van der Waals surface area contributed by atoms with E-state index in [2.05, 4.69) is 0 Å². The van der Waals surface area contributed by atoms with Crippen molar-refractivity contribution < 1.29 is 13.5 Å². The highest BCUT2D eigenvalue weighted by atomic mass is 19.1. The van der Waals surface area contributed by atoms with Crippen LogP contribution >= 0.6 is 0 Å². The van der Waals surface area contributed by atoms with Crippen molar-refractivity contribution in [2.45, 2.75) is 20.1 Å². The zero-order chi connectivity index (χ0) is 11.7. The maximum atomic E-state index is 13.3. The minimum atomic E-state index is -0.272. The first-order valence-electron chi connectivity index (χ1n) is 5.06. The van der Waals surface area contributed by atoms with Crippen molar-refractivity contribution in [3.63, 3.8) is 0 Å². The van der Waals surface area contributed by atoms with Gasteiger partial charge in [-0.2, -0.15) is 0 Å². The number of aryl methyl sites for hydroxylation is 1. The molecule has 0 saturated heterocycles. The number of halogens is 1. The van der Waals surface area contributed by atoms with E-state index in [-0.39, 0.29) is 12.4 Å². The molecule has 86 valence electrons. The van der Waals surface area contributed by atoms with E-state index in [0.29, 0.717) is 18.0 Å². The van der Waals surface area contributed by atoms with E-state index in [9.17, 15) is 4.39 Å². The fraction of sp³-hybridized carbons (Fsp3) is 0.333. The van der Waals surface area contributed by atoms with Gasteiger partial charge in [0.2, 0.25) is 0 Å². The molecule has 0 aliphatic rings. The number of nitrogens with two attached hydrogens (primary N) is 1. The lowest BCUT2D eigenvalue weighted by Crippen LogP contribution is -1.99. The quantitative estimate of drug-likeness (QED) is 0.869. The van der Waals surface area contributed by atoms with Gasteiger partial charge in [-0.05, 0) is 24.6 Å². The van der Waals surface area contributed by atoms with Crippen molar-refractivity contribution in [2.75, 3.05) is 7.11 Å². The number of hydrogen-bond acceptors (Lipinski definition) is 3. The summed E-state index contributed by atoms with van der Waals surface area (Å²) in [7, 11) is 1.59. The molecule has 0 bridgehead atoms. The third-order valence-electron chi connectivity index (χ3n) is 2.60. The van der Waals surface area contributed by atoms with Gasteiger partial charge in [0.1, 0.15) is 17.2 Å². The second-order valence-corrected chi connectivity index (χ2v) is 3.74. The first kappa shape index (κ1) is 11.1. The molecule has 0 unspecified atom stereocenters. The van der Waals surface area contributed by atoms with Gasteiger partial charge in [-0.3, -0.25) is 0 Å². The third kappa shape index (κ3) is 1.70. The van der Waals surface area contributed by atoms with Crippen LogP contribution in [0.25, 0.3) is 11.0 Å². The van der Waals surface area contributed by atoms with E-state index in [0.717, 1.165) is 16.5 Å². The maximum absolute atomic E-state index is 13.3. The van der Waals surface area contributed by atoms with E-state index in [4.69, 9.17) is 14.9 Å². The standard InChI is InChI=1S/C12H14FNO2/c1-7-3-8(13)4-9-10(6-15-2)11(5-14)16-12(7)9/h3-4H,5-6,14H2,1-2H3. The van der Waals surface area contributed by atoms with Crippen LogP contribution in [0.3, 0.4) is 0 Å². The van der Waals surface area contributed by atoms with Crippen molar-refractivity contribution in [1.29, 1.82) is 0 Å². The Morgan fingerprint density at radius 2 is 2.19 bits per heavy atom. The molecule has 0 spiro atoms. The summed E-state index contributed by atoms with van der Waals surface area (Å²) in [5.41, 5.74) is 7.88. The lowest BCUT2D eigenvalue weighted by molar-refractivity contribution is 0.184. The summed E-state index contributed by atoms with van der Waals surface area (Å²) in [5, 5.41) is 0.750. The van der Waals surface area contributed by atoms with Gasteiger partial charge in [-0.1, -0.05) is 0 Å². The molecule has 3 nitrogen and oxygen atoms in total. The number of fused-ring (bicyclic) bond motifs is 1. The summed E-state index contributed by atoms with van der Waals surface area (Å²) in [6.07, 6.45) is 0. The van der Waals surface area contributed by atoms with Gasteiger partial charge >= 0.3 is 0 Å². The summed E-state index contributed by atoms with van der Waals surface area (Å²) in [6, 6.07) is 2.90. The summed E-state index contributed by atoms with van der Waals surface area (Å²) in [4.78, 5) is 0. The smallest absolute Gasteiger partial charge is 0.137 e. The number of hydrogen-bond donors (Lipinski definition) is 1. The van der Waals surface area contributed by atoms with Crippen molar-refractivity contribution >= 4 is 11.0 Å². The summed E-state index contributed by atoms with van der Waals surface area (Å²) in [5.74, 6) is 0.386. The molecule has 4 heteroatoms. The van der Waals surface area contributed by atoms with E-state index in [1.807, 2.05) is 6.92 Å². The fourth-order valence-electron chi connectivity index (χ4n) is 1.89. The van der Waals surface area contributed by atoms with E-state index >= 15 is 0 Å². The van der Waals surface area contributed by atoms with Gasteiger partial charge in [-0.25, -0.2) is 4.39 Å². The molecule has 0 atom stereocenters. The lowest BCUT2D eigenvalue weighted by atomic mass is 10.1. The van der Waals surface area contributed by atoms with Gasteiger partial charge in [0.15, 0.2) is 0 Å². The number of furan rings is 1. The lowest BCUT2D eigenvalue weighted by Gasteiger charge is -1.99. The molecule has 2 N–H and O–H groups in total. The molecule has 0 aliphatic carbocycles. The van der Waals surface area contributed by atoms with E-state index in [1.165, 1.54) is 12.1 Å². The predicted octanol–water partition coefficient (Wildman–Crippen LogP) is 2.49. The zero-order valence-corrected chi connectivity index (χ0v) is 9.34. The van der Waals surface area contributed by atoms with Crippen molar-refractivity contribution in [3.05, 3.63) is 34.8 Å². The average Bonchev–Trinajstić information content (AvgIpc) is 2.58. The Hall–Kier alpha value is -1.39. The number of ether oxygens (including phenoxy) is 1. The molecule has 0 saturated carbocycles. The zero-order valence-electron chi connectivity index (χ0n) is 9.34. The van der Waals surface area contributed by atoms with Crippen LogP contribution in [0.2, 0.25) is 0 Å². The molecular weight excluding hydrogens is 209 g/mol. The normalized spacial score (nSPS) is 11.2. The average molecular weight is 223 g/mol. The van der Waals surface area contributed by atoms with Crippen LogP contribution in [0.5, 0.6) is 0 Å². The summed E-state index contributed by atoms with van der Waals surface area (Å²) in [6.45, 7) is 2.47. The first-order valence-corrected chi connectivity index (χ1v) is 5.06. The minimum absolute atomic E-state index is 0.272. The van der Waals surface area contributed by atoms with Gasteiger partial charge in [-0.15, -0.1) is 0 Å². The molecule has 0 fully saturated rings. The van der Waals surface area contributed by atoms with Crippen LogP contribution in [-0.2, 0) is 17.9 Å². The molecule has 16 heavy (non-hydrogen) atoms. The largest absolute Gasteiger partial charge is 0.459 e. The molecule has 2 aromatic rings. The predicted molar refractivity (Wildman–Crippen MR) is 59.5 cm³/mol. The minimum Gasteiger partial charge on any atom is -0.459 e. The molecule has 2 rings (SSSR count). The monoisotopic (exact) mass is 223 g/mol. The Bertz CT molecular complexity index is 519.